The molecule has 0 N–H and O–H groups in total. The van der Waals surface area contributed by atoms with Crippen LogP contribution < -0.4 is 0 Å². The van der Waals surface area contributed by atoms with E-state index < -0.39 is 14.4 Å². The third-order valence-electron chi connectivity index (χ3n) is 3.90. The Morgan fingerprint density at radius 1 is 1.14 bits per heavy atom. The molecule has 21 heavy (non-hydrogen) atoms. The molecule has 0 unspecified atom stereocenters. The Kier molecular flexibility index (Phi) is 8.61. The summed E-state index contributed by atoms with van der Waals surface area (Å²) in [4.78, 5) is 10.9. The molecule has 1 atom stereocenters. The van der Waals surface area contributed by atoms with Crippen LogP contribution in [0.4, 0.5) is 0 Å². The number of terminal acetylenes is 1. The van der Waals surface area contributed by atoms with Gasteiger partial charge in [0.25, 0.3) is 0 Å². The van der Waals surface area contributed by atoms with Crippen LogP contribution in [0, 0.1) is 12.3 Å². The van der Waals surface area contributed by atoms with Gasteiger partial charge in [-0.15, -0.1) is 6.42 Å². The second-order valence-electron chi connectivity index (χ2n) is 6.25. The first-order valence-corrected chi connectivity index (χ1v) is 9.76. The lowest BCUT2D eigenvalue weighted by Crippen LogP contribution is -2.47. The van der Waals surface area contributed by atoms with Gasteiger partial charge in [0.15, 0.2) is 6.10 Å². The second kappa shape index (κ2) is 9.06. The van der Waals surface area contributed by atoms with Gasteiger partial charge in [-0.25, -0.2) is 0 Å². The van der Waals surface area contributed by atoms with E-state index in [0.717, 1.165) is 0 Å². The van der Waals surface area contributed by atoms with Crippen LogP contribution in [0.1, 0.15) is 48.5 Å². The summed E-state index contributed by atoms with van der Waals surface area (Å²) in [7, 11) is -1.85. The monoisotopic (exact) mass is 310 g/mol. The lowest BCUT2D eigenvalue weighted by atomic mass is 10.3. The number of hydrogen-bond acceptors (Lipinski definition) is 3. The quantitative estimate of drug-likeness (QED) is 0.290. The first-order chi connectivity index (χ1) is 9.68. The molecule has 3 nitrogen and oxygen atoms in total. The van der Waals surface area contributed by atoms with Gasteiger partial charge in [-0.1, -0.05) is 53.5 Å². The van der Waals surface area contributed by atoms with E-state index in [1.54, 1.807) is 6.08 Å². The molecule has 4 heteroatoms. The highest BCUT2D eigenvalue weighted by Crippen LogP contribution is 2.42. The Balaban J connectivity index is 4.79. The highest BCUT2D eigenvalue weighted by molar-refractivity contribution is 6.77. The molecule has 0 aromatic heterocycles. The number of rotatable bonds is 8. The van der Waals surface area contributed by atoms with E-state index in [1.807, 2.05) is 6.08 Å². The van der Waals surface area contributed by atoms with Crippen molar-refractivity contribution in [1.29, 1.82) is 0 Å². The Morgan fingerprint density at radius 2 is 1.62 bits per heavy atom. The number of carbonyl (C=O) groups is 1. The fourth-order valence-corrected chi connectivity index (χ4v) is 8.56. The molecule has 0 radical (unpaired) electrons. The van der Waals surface area contributed by atoms with Crippen LogP contribution in [-0.4, -0.2) is 27.0 Å². The molecule has 0 rings (SSSR count). The molecule has 0 aliphatic heterocycles. The minimum absolute atomic E-state index is 0.376. The highest BCUT2D eigenvalue weighted by Gasteiger charge is 2.44. The maximum atomic E-state index is 10.9. The summed E-state index contributed by atoms with van der Waals surface area (Å²) in [5, 5.41) is 0. The summed E-state index contributed by atoms with van der Waals surface area (Å²) in [5.74, 6) is 2.05. The second-order valence-corrected chi connectivity index (χ2v) is 11.7. The van der Waals surface area contributed by atoms with Gasteiger partial charge in [0.05, 0.1) is 6.61 Å². The molecule has 0 aromatic carbocycles. The standard InChI is InChI=1S/C17H30O3Si/c1-9-17(20-16(8)18)11-10-12-19-21(13(2)3,14(4)5)15(6)7/h1,10-11,13-15,17H,12H2,2-8H3/b11-10+/t17-/m0/s1. The molecular formula is C17H30O3Si. The number of hydrogen-bond donors (Lipinski definition) is 0. The molecule has 0 saturated heterocycles. The summed E-state index contributed by atoms with van der Waals surface area (Å²) in [5.41, 5.74) is 1.63. The molecule has 0 amide bonds. The van der Waals surface area contributed by atoms with Gasteiger partial charge < -0.3 is 9.16 Å². The molecule has 0 spiro atoms. The maximum Gasteiger partial charge on any atom is 0.304 e. The lowest BCUT2D eigenvalue weighted by Gasteiger charge is -2.41. The molecule has 0 heterocycles. The molecule has 0 saturated carbocycles. The maximum absolute atomic E-state index is 10.9. The average Bonchev–Trinajstić information content (AvgIpc) is 2.35. The molecule has 120 valence electrons. The zero-order valence-corrected chi connectivity index (χ0v) is 15.5. The minimum Gasteiger partial charge on any atom is -0.445 e. The Hall–Kier alpha value is -1.05. The van der Waals surface area contributed by atoms with Crippen molar-refractivity contribution >= 4 is 14.3 Å². The molecule has 0 fully saturated rings. The molecule has 0 aliphatic rings. The van der Waals surface area contributed by atoms with E-state index in [0.29, 0.717) is 23.2 Å². The normalized spacial score (nSPS) is 14.0. The minimum atomic E-state index is -1.85. The van der Waals surface area contributed by atoms with Gasteiger partial charge >= 0.3 is 5.97 Å². The van der Waals surface area contributed by atoms with E-state index in [2.05, 4.69) is 47.5 Å². The van der Waals surface area contributed by atoms with Gasteiger partial charge in [0.2, 0.25) is 8.32 Å². The SMILES string of the molecule is C#C[C@@H](/C=C/CO[Si](C(C)C)(C(C)C)C(C)C)OC(C)=O. The Morgan fingerprint density at radius 3 is 1.95 bits per heavy atom. The van der Waals surface area contributed by atoms with Crippen molar-refractivity contribution in [2.24, 2.45) is 0 Å². The third-order valence-corrected chi connectivity index (χ3v) is 9.99. The zero-order valence-electron chi connectivity index (χ0n) is 14.5. The molecule has 0 aliphatic carbocycles. The van der Waals surface area contributed by atoms with E-state index >= 15 is 0 Å². The van der Waals surface area contributed by atoms with Crippen molar-refractivity contribution in [2.75, 3.05) is 6.61 Å². The van der Waals surface area contributed by atoms with Gasteiger partial charge in [0, 0.05) is 6.92 Å². The van der Waals surface area contributed by atoms with Gasteiger partial charge in [-0.2, -0.15) is 0 Å². The number of carbonyl (C=O) groups excluding carboxylic acids is 1. The van der Waals surface area contributed by atoms with Gasteiger partial charge in [-0.05, 0) is 22.7 Å². The summed E-state index contributed by atoms with van der Waals surface area (Å²) in [6.07, 6.45) is 8.28. The van der Waals surface area contributed by atoms with Gasteiger partial charge in [0.1, 0.15) is 0 Å². The summed E-state index contributed by atoms with van der Waals surface area (Å²) in [6.45, 7) is 15.4. The van der Waals surface area contributed by atoms with Crippen LogP contribution in [0.2, 0.25) is 16.6 Å². The van der Waals surface area contributed by atoms with Crippen molar-refractivity contribution in [1.82, 2.24) is 0 Å². The van der Waals surface area contributed by atoms with Crippen molar-refractivity contribution < 1.29 is 14.0 Å². The Labute approximate surface area is 131 Å². The van der Waals surface area contributed by atoms with E-state index in [4.69, 9.17) is 15.6 Å². The van der Waals surface area contributed by atoms with Crippen molar-refractivity contribution in [2.45, 2.75) is 71.2 Å². The van der Waals surface area contributed by atoms with Gasteiger partial charge in [-0.3, -0.25) is 4.79 Å². The number of ether oxygens (including phenoxy) is 1. The predicted octanol–water partition coefficient (Wildman–Crippen LogP) is 4.30. The smallest absolute Gasteiger partial charge is 0.304 e. The van der Waals surface area contributed by atoms with E-state index in [-0.39, 0.29) is 5.97 Å². The van der Waals surface area contributed by atoms with Crippen molar-refractivity contribution in [3.8, 4) is 12.3 Å². The van der Waals surface area contributed by atoms with Crippen molar-refractivity contribution in [3.63, 3.8) is 0 Å². The van der Waals surface area contributed by atoms with Crippen LogP contribution in [0.15, 0.2) is 12.2 Å². The van der Waals surface area contributed by atoms with E-state index in [9.17, 15) is 4.79 Å². The molecule has 0 aromatic rings. The molecule has 0 bridgehead atoms. The number of esters is 1. The average molecular weight is 311 g/mol. The largest absolute Gasteiger partial charge is 0.445 e. The van der Waals surface area contributed by atoms with E-state index in [1.165, 1.54) is 6.92 Å². The highest BCUT2D eigenvalue weighted by atomic mass is 28.4. The summed E-state index contributed by atoms with van der Waals surface area (Å²) in [6, 6.07) is 0. The van der Waals surface area contributed by atoms with Crippen LogP contribution in [0.3, 0.4) is 0 Å². The fourth-order valence-electron chi connectivity index (χ4n) is 3.18. The fraction of sp³-hybridized carbons (Fsp3) is 0.706. The Bertz CT molecular complexity index is 370. The topological polar surface area (TPSA) is 35.5 Å². The van der Waals surface area contributed by atoms with Crippen LogP contribution in [0.5, 0.6) is 0 Å². The van der Waals surface area contributed by atoms with Crippen LogP contribution >= 0.6 is 0 Å². The third kappa shape index (κ3) is 5.68. The summed E-state index contributed by atoms with van der Waals surface area (Å²) >= 11 is 0. The zero-order chi connectivity index (χ0) is 16.6. The van der Waals surface area contributed by atoms with Crippen LogP contribution in [-0.2, 0) is 14.0 Å². The first kappa shape index (κ1) is 19.9. The van der Waals surface area contributed by atoms with Crippen molar-refractivity contribution in [3.05, 3.63) is 12.2 Å². The van der Waals surface area contributed by atoms with Crippen LogP contribution in [0.25, 0.3) is 0 Å². The summed E-state index contributed by atoms with van der Waals surface area (Å²) < 4.78 is 11.3. The lowest BCUT2D eigenvalue weighted by molar-refractivity contribution is -0.142. The molecular weight excluding hydrogens is 280 g/mol. The predicted molar refractivity (Wildman–Crippen MR) is 90.5 cm³/mol. The first-order valence-electron chi connectivity index (χ1n) is 7.62.